The molecule has 2 aromatic carbocycles. The third-order valence-electron chi connectivity index (χ3n) is 5.64. The number of carboxylic acids is 1. The molecule has 0 aliphatic heterocycles. The summed E-state index contributed by atoms with van der Waals surface area (Å²) in [5.41, 5.74) is 2.76. The molecule has 4 rings (SSSR count). The highest BCUT2D eigenvalue weighted by Crippen LogP contribution is 2.33. The number of nitrogens with one attached hydrogen (secondary N) is 1. The maximum atomic E-state index is 14.4. The SMILES string of the molecule is Cc1cc(-c2cnc3c(NCCC(C)(F)F)cc(Oc4ccc(OC(C)F)c(F)c4)cn23)ccc1C(=O)O. The molecular formula is C27H25F4N3O4. The number of hydrogen-bond donors (Lipinski definition) is 2. The highest BCUT2D eigenvalue weighted by atomic mass is 19.3. The lowest BCUT2D eigenvalue weighted by Gasteiger charge is -2.15. The van der Waals surface area contributed by atoms with E-state index in [1.807, 2.05) is 0 Å². The van der Waals surface area contributed by atoms with Crippen molar-refractivity contribution in [3.8, 4) is 28.5 Å². The molecule has 1 atom stereocenters. The number of fused-ring (bicyclic) bond motifs is 1. The van der Waals surface area contributed by atoms with Gasteiger partial charge in [-0.3, -0.25) is 4.40 Å². The normalized spacial score (nSPS) is 12.4. The van der Waals surface area contributed by atoms with Gasteiger partial charge >= 0.3 is 5.97 Å². The fourth-order valence-corrected chi connectivity index (χ4v) is 3.89. The highest BCUT2D eigenvalue weighted by Gasteiger charge is 2.21. The summed E-state index contributed by atoms with van der Waals surface area (Å²) in [6, 6.07) is 10.0. The molecule has 0 aliphatic carbocycles. The number of carbonyl (C=O) groups is 1. The summed E-state index contributed by atoms with van der Waals surface area (Å²) in [4.78, 5) is 15.8. The Morgan fingerprint density at radius 1 is 1.18 bits per heavy atom. The summed E-state index contributed by atoms with van der Waals surface area (Å²) in [6.45, 7) is 3.57. The zero-order valence-electron chi connectivity index (χ0n) is 20.8. The fourth-order valence-electron chi connectivity index (χ4n) is 3.89. The molecule has 2 heterocycles. The largest absolute Gasteiger partial charge is 0.478 e. The highest BCUT2D eigenvalue weighted by molar-refractivity contribution is 5.90. The number of halogens is 4. The number of aromatic nitrogens is 2. The van der Waals surface area contributed by atoms with E-state index in [-0.39, 0.29) is 29.4 Å². The van der Waals surface area contributed by atoms with Crippen molar-refractivity contribution in [3.63, 3.8) is 0 Å². The van der Waals surface area contributed by atoms with E-state index in [0.29, 0.717) is 28.2 Å². The van der Waals surface area contributed by atoms with Crippen LogP contribution in [0, 0.1) is 12.7 Å². The summed E-state index contributed by atoms with van der Waals surface area (Å²) in [7, 11) is 0. The van der Waals surface area contributed by atoms with Gasteiger partial charge in [-0.25, -0.2) is 27.3 Å². The van der Waals surface area contributed by atoms with Gasteiger partial charge in [0.05, 0.1) is 29.3 Å². The molecule has 38 heavy (non-hydrogen) atoms. The van der Waals surface area contributed by atoms with Gasteiger partial charge in [-0.1, -0.05) is 6.07 Å². The molecule has 7 nitrogen and oxygen atoms in total. The van der Waals surface area contributed by atoms with Crippen LogP contribution in [0.15, 0.2) is 54.9 Å². The fraction of sp³-hybridized carbons (Fsp3) is 0.259. The van der Waals surface area contributed by atoms with Gasteiger partial charge in [-0.2, -0.15) is 0 Å². The van der Waals surface area contributed by atoms with Crippen molar-refractivity contribution in [2.45, 2.75) is 39.5 Å². The number of carboxylic acid groups (broad SMARTS) is 1. The first-order valence-electron chi connectivity index (χ1n) is 11.7. The van der Waals surface area contributed by atoms with Crippen LogP contribution in [-0.2, 0) is 0 Å². The summed E-state index contributed by atoms with van der Waals surface area (Å²) in [6.07, 6.45) is 1.03. The molecule has 0 aliphatic rings. The summed E-state index contributed by atoms with van der Waals surface area (Å²) in [5, 5.41) is 12.3. The smallest absolute Gasteiger partial charge is 0.335 e. The van der Waals surface area contributed by atoms with Gasteiger partial charge < -0.3 is 19.9 Å². The van der Waals surface area contributed by atoms with Gasteiger partial charge in [0.25, 0.3) is 0 Å². The Morgan fingerprint density at radius 3 is 2.58 bits per heavy atom. The van der Waals surface area contributed by atoms with E-state index >= 15 is 0 Å². The van der Waals surface area contributed by atoms with E-state index in [9.17, 15) is 27.5 Å². The van der Waals surface area contributed by atoms with Crippen LogP contribution in [0.1, 0.15) is 36.2 Å². The number of alkyl halides is 3. The van der Waals surface area contributed by atoms with Gasteiger partial charge in [-0.05, 0) is 43.7 Å². The Bertz CT molecular complexity index is 1480. The first-order valence-corrected chi connectivity index (χ1v) is 11.7. The molecule has 0 fully saturated rings. The molecule has 4 aromatic rings. The molecule has 0 saturated heterocycles. The first kappa shape index (κ1) is 26.8. The van der Waals surface area contributed by atoms with Crippen molar-refractivity contribution in [1.82, 2.24) is 9.38 Å². The van der Waals surface area contributed by atoms with Crippen LogP contribution in [0.25, 0.3) is 16.9 Å². The zero-order valence-corrected chi connectivity index (χ0v) is 20.8. The van der Waals surface area contributed by atoms with E-state index < -0.39 is 30.5 Å². The van der Waals surface area contributed by atoms with Crippen molar-refractivity contribution in [2.24, 2.45) is 0 Å². The molecule has 200 valence electrons. The minimum atomic E-state index is -2.88. The zero-order chi connectivity index (χ0) is 27.6. The van der Waals surface area contributed by atoms with Gasteiger partial charge in [-0.15, -0.1) is 0 Å². The number of benzene rings is 2. The number of aromatic carboxylic acids is 1. The molecule has 0 saturated carbocycles. The lowest BCUT2D eigenvalue weighted by molar-refractivity contribution is 0.0166. The second kappa shape index (κ2) is 10.6. The maximum Gasteiger partial charge on any atom is 0.335 e. The monoisotopic (exact) mass is 531 g/mol. The van der Waals surface area contributed by atoms with Crippen molar-refractivity contribution >= 4 is 17.3 Å². The molecule has 0 bridgehead atoms. The summed E-state index contributed by atoms with van der Waals surface area (Å²) in [5.74, 6) is -4.70. The number of anilines is 1. The molecule has 2 aromatic heterocycles. The third-order valence-corrected chi connectivity index (χ3v) is 5.64. The first-order chi connectivity index (χ1) is 17.9. The topological polar surface area (TPSA) is 85.1 Å². The molecule has 11 heteroatoms. The molecule has 0 radical (unpaired) electrons. The molecule has 2 N–H and O–H groups in total. The number of ether oxygens (including phenoxy) is 2. The van der Waals surface area contributed by atoms with Crippen LogP contribution in [0.2, 0.25) is 0 Å². The van der Waals surface area contributed by atoms with Crippen LogP contribution in [0.4, 0.5) is 23.2 Å². The molecule has 0 amide bonds. The Kier molecular flexibility index (Phi) is 7.47. The number of imidazole rings is 1. The van der Waals surface area contributed by atoms with E-state index in [1.54, 1.807) is 41.9 Å². The Labute approximate surface area is 215 Å². The van der Waals surface area contributed by atoms with E-state index in [2.05, 4.69) is 10.3 Å². The van der Waals surface area contributed by atoms with Crippen LogP contribution in [-0.4, -0.2) is 39.3 Å². The predicted octanol–water partition coefficient (Wildman–Crippen LogP) is 7.09. The standard InChI is InChI=1S/C27H25F4N3O4/c1-15-10-17(4-6-20(15)26(35)36)23-13-33-25-22(32-9-8-27(3,30)31)12-19(14-34(23)25)38-18-5-7-24(21(29)11-18)37-16(2)28/h4-7,10-14,16,32H,8-9H2,1-3H3,(H,35,36). The lowest BCUT2D eigenvalue weighted by atomic mass is 10.0. The van der Waals surface area contributed by atoms with Crippen molar-refractivity contribution in [2.75, 3.05) is 11.9 Å². The Hall–Kier alpha value is -4.28. The van der Waals surface area contributed by atoms with Crippen molar-refractivity contribution < 1.29 is 36.9 Å². The van der Waals surface area contributed by atoms with Crippen LogP contribution in [0.5, 0.6) is 17.2 Å². The van der Waals surface area contributed by atoms with Crippen LogP contribution in [0.3, 0.4) is 0 Å². The molecular weight excluding hydrogens is 506 g/mol. The number of pyridine rings is 1. The third kappa shape index (κ3) is 6.16. The van der Waals surface area contributed by atoms with Gasteiger partial charge in [0.1, 0.15) is 11.5 Å². The minimum Gasteiger partial charge on any atom is -0.478 e. The number of nitrogens with zero attached hydrogens (tertiary/aromatic N) is 2. The second-order valence-electron chi connectivity index (χ2n) is 8.86. The Morgan fingerprint density at radius 2 is 1.95 bits per heavy atom. The summed E-state index contributed by atoms with van der Waals surface area (Å²) >= 11 is 0. The maximum absolute atomic E-state index is 14.4. The quantitative estimate of drug-likeness (QED) is 0.213. The summed E-state index contributed by atoms with van der Waals surface area (Å²) < 4.78 is 66.6. The van der Waals surface area contributed by atoms with E-state index in [4.69, 9.17) is 9.47 Å². The van der Waals surface area contributed by atoms with Crippen molar-refractivity contribution in [1.29, 1.82) is 0 Å². The van der Waals surface area contributed by atoms with Gasteiger partial charge in [0.2, 0.25) is 12.3 Å². The lowest BCUT2D eigenvalue weighted by Crippen LogP contribution is -2.16. The van der Waals surface area contributed by atoms with Gasteiger partial charge in [0, 0.05) is 37.6 Å². The van der Waals surface area contributed by atoms with Gasteiger partial charge in [0.15, 0.2) is 17.2 Å². The predicted molar refractivity (Wildman–Crippen MR) is 134 cm³/mol. The van der Waals surface area contributed by atoms with E-state index in [1.165, 1.54) is 18.2 Å². The Balaban J connectivity index is 1.74. The molecule has 0 spiro atoms. The number of rotatable bonds is 10. The number of aryl methyl sites for hydroxylation is 1. The van der Waals surface area contributed by atoms with Crippen molar-refractivity contribution in [3.05, 3.63) is 71.8 Å². The average Bonchev–Trinajstić information content (AvgIpc) is 3.23. The second-order valence-corrected chi connectivity index (χ2v) is 8.86. The van der Waals surface area contributed by atoms with Crippen LogP contribution < -0.4 is 14.8 Å². The number of hydrogen-bond acceptors (Lipinski definition) is 5. The van der Waals surface area contributed by atoms with E-state index in [0.717, 1.165) is 19.9 Å². The molecule has 1 unspecified atom stereocenters. The van der Waals surface area contributed by atoms with Crippen LogP contribution >= 0.6 is 0 Å². The average molecular weight is 532 g/mol. The minimum absolute atomic E-state index is 0.0562.